The van der Waals surface area contributed by atoms with Gasteiger partial charge in [0.25, 0.3) is 0 Å². The number of aliphatic imine (C=N–C) groups is 1. The second-order valence-corrected chi connectivity index (χ2v) is 6.76. The van der Waals surface area contributed by atoms with E-state index in [9.17, 15) is 9.18 Å². The van der Waals surface area contributed by atoms with Gasteiger partial charge in [-0.3, -0.25) is 4.79 Å². The normalized spacial score (nSPS) is 12.6. The van der Waals surface area contributed by atoms with Gasteiger partial charge in [0.2, 0.25) is 5.91 Å². The maximum Gasteiger partial charge on any atom is 0.242 e. The molecule has 0 radical (unpaired) electrons. The molecule has 1 aromatic rings. The standard InChI is InChI=1S/C18H29FN4O2.HI/c1-6-20-17(22-12-16(24)23-18(3,4)5)21-11-13(2)25-15-9-7-8-14(19)10-15;/h7-10,13H,6,11-12H2,1-5H3,(H,23,24)(H2,20,21,22);1H. The van der Waals surface area contributed by atoms with Crippen molar-refractivity contribution in [2.75, 3.05) is 19.6 Å². The van der Waals surface area contributed by atoms with Gasteiger partial charge in [0.1, 0.15) is 24.2 Å². The van der Waals surface area contributed by atoms with Gasteiger partial charge in [0.15, 0.2) is 5.96 Å². The van der Waals surface area contributed by atoms with E-state index in [-0.39, 0.29) is 53.9 Å². The van der Waals surface area contributed by atoms with Crippen LogP contribution < -0.4 is 20.7 Å². The van der Waals surface area contributed by atoms with Crippen LogP contribution in [0, 0.1) is 5.82 Å². The minimum Gasteiger partial charge on any atom is -0.489 e. The number of nitrogens with one attached hydrogen (secondary N) is 3. The highest BCUT2D eigenvalue weighted by atomic mass is 127. The van der Waals surface area contributed by atoms with Crippen molar-refractivity contribution in [1.82, 2.24) is 16.0 Å². The summed E-state index contributed by atoms with van der Waals surface area (Å²) in [7, 11) is 0. The van der Waals surface area contributed by atoms with Crippen LogP contribution >= 0.6 is 24.0 Å². The predicted octanol–water partition coefficient (Wildman–Crippen LogP) is 2.68. The molecule has 0 fully saturated rings. The first-order valence-corrected chi connectivity index (χ1v) is 8.45. The molecule has 0 aromatic heterocycles. The van der Waals surface area contributed by atoms with Crippen molar-refractivity contribution in [1.29, 1.82) is 0 Å². The summed E-state index contributed by atoms with van der Waals surface area (Å²) < 4.78 is 18.8. The van der Waals surface area contributed by atoms with E-state index in [1.54, 1.807) is 12.1 Å². The van der Waals surface area contributed by atoms with E-state index in [0.717, 1.165) is 0 Å². The van der Waals surface area contributed by atoms with Gasteiger partial charge in [-0.15, -0.1) is 24.0 Å². The molecule has 0 aliphatic rings. The Kier molecular flexibility index (Phi) is 11.2. The Morgan fingerprint density at radius 3 is 2.58 bits per heavy atom. The van der Waals surface area contributed by atoms with Crippen LogP contribution in [-0.4, -0.2) is 43.1 Å². The molecule has 1 unspecified atom stereocenters. The smallest absolute Gasteiger partial charge is 0.242 e. The van der Waals surface area contributed by atoms with Crippen molar-refractivity contribution < 1.29 is 13.9 Å². The van der Waals surface area contributed by atoms with Gasteiger partial charge < -0.3 is 20.7 Å². The number of carbonyl (C=O) groups excluding carboxylic acids is 1. The van der Waals surface area contributed by atoms with Crippen molar-refractivity contribution >= 4 is 35.8 Å². The summed E-state index contributed by atoms with van der Waals surface area (Å²) in [4.78, 5) is 16.1. The van der Waals surface area contributed by atoms with Crippen molar-refractivity contribution in [2.45, 2.75) is 46.3 Å². The van der Waals surface area contributed by atoms with E-state index in [4.69, 9.17) is 4.74 Å². The van der Waals surface area contributed by atoms with Gasteiger partial charge in [-0.2, -0.15) is 0 Å². The second kappa shape index (κ2) is 11.9. The van der Waals surface area contributed by atoms with Crippen LogP contribution in [0.25, 0.3) is 0 Å². The summed E-state index contributed by atoms with van der Waals surface area (Å²) in [6.07, 6.45) is -0.200. The summed E-state index contributed by atoms with van der Waals surface area (Å²) in [5.74, 6) is 0.522. The van der Waals surface area contributed by atoms with Crippen LogP contribution in [0.15, 0.2) is 29.3 Å². The number of rotatable bonds is 7. The van der Waals surface area contributed by atoms with Gasteiger partial charge in [-0.1, -0.05) is 6.07 Å². The number of ether oxygens (including phenoxy) is 1. The molecule has 0 saturated heterocycles. The average molecular weight is 480 g/mol. The number of nitrogens with zero attached hydrogens (tertiary/aromatic N) is 1. The van der Waals surface area contributed by atoms with Crippen molar-refractivity contribution in [3.8, 4) is 5.75 Å². The maximum absolute atomic E-state index is 13.2. The van der Waals surface area contributed by atoms with Crippen LogP contribution in [0.3, 0.4) is 0 Å². The van der Waals surface area contributed by atoms with Crippen LogP contribution in [0.2, 0.25) is 0 Å². The monoisotopic (exact) mass is 480 g/mol. The van der Waals surface area contributed by atoms with E-state index in [1.165, 1.54) is 12.1 Å². The SMILES string of the molecule is CCNC(=NCC(=O)NC(C)(C)C)NCC(C)Oc1cccc(F)c1.I. The maximum atomic E-state index is 13.2. The molecule has 0 aliphatic carbocycles. The Labute approximate surface area is 172 Å². The zero-order valence-electron chi connectivity index (χ0n) is 16.1. The average Bonchev–Trinajstić information content (AvgIpc) is 2.48. The molecule has 148 valence electrons. The van der Waals surface area contributed by atoms with Gasteiger partial charge in [-0.25, -0.2) is 9.38 Å². The van der Waals surface area contributed by atoms with Crippen molar-refractivity contribution in [2.24, 2.45) is 4.99 Å². The number of guanidine groups is 1. The van der Waals surface area contributed by atoms with Gasteiger partial charge in [0.05, 0.1) is 6.54 Å². The Balaban J connectivity index is 0.00000625. The number of hydrogen-bond acceptors (Lipinski definition) is 3. The van der Waals surface area contributed by atoms with Crippen molar-refractivity contribution in [3.63, 3.8) is 0 Å². The fourth-order valence-corrected chi connectivity index (χ4v) is 2.01. The fraction of sp³-hybridized carbons (Fsp3) is 0.556. The predicted molar refractivity (Wildman–Crippen MR) is 114 cm³/mol. The van der Waals surface area contributed by atoms with E-state index >= 15 is 0 Å². The number of benzene rings is 1. The Morgan fingerprint density at radius 1 is 1.31 bits per heavy atom. The van der Waals surface area contributed by atoms with Crippen LogP contribution in [0.4, 0.5) is 4.39 Å². The van der Waals surface area contributed by atoms with Gasteiger partial charge in [0, 0.05) is 18.2 Å². The molecule has 0 saturated carbocycles. The van der Waals surface area contributed by atoms with Crippen molar-refractivity contribution in [3.05, 3.63) is 30.1 Å². The van der Waals surface area contributed by atoms with E-state index < -0.39 is 0 Å². The first kappa shape index (κ1) is 24.4. The fourth-order valence-electron chi connectivity index (χ4n) is 2.01. The quantitative estimate of drug-likeness (QED) is 0.319. The highest BCUT2D eigenvalue weighted by Crippen LogP contribution is 2.13. The second-order valence-electron chi connectivity index (χ2n) is 6.76. The van der Waals surface area contributed by atoms with Crippen LogP contribution in [-0.2, 0) is 4.79 Å². The number of hydrogen-bond donors (Lipinski definition) is 3. The molecule has 0 spiro atoms. The molecular weight excluding hydrogens is 450 g/mol. The molecule has 0 heterocycles. The molecule has 8 heteroatoms. The zero-order chi connectivity index (χ0) is 18.9. The Bertz CT molecular complexity index is 591. The Morgan fingerprint density at radius 2 is 2.00 bits per heavy atom. The number of amides is 1. The molecular formula is C18H30FIN4O2. The lowest BCUT2D eigenvalue weighted by Crippen LogP contribution is -2.44. The topological polar surface area (TPSA) is 74.8 Å². The lowest BCUT2D eigenvalue weighted by molar-refractivity contribution is -0.121. The van der Waals surface area contributed by atoms with E-state index in [2.05, 4.69) is 20.9 Å². The third-order valence-electron chi connectivity index (χ3n) is 2.93. The summed E-state index contributed by atoms with van der Waals surface area (Å²) in [5, 5.41) is 9.04. The number of halogens is 2. The molecule has 1 rings (SSSR count). The molecule has 0 bridgehead atoms. The van der Waals surface area contributed by atoms with Crippen LogP contribution in [0.1, 0.15) is 34.6 Å². The molecule has 1 atom stereocenters. The molecule has 0 aliphatic heterocycles. The molecule has 1 aromatic carbocycles. The summed E-state index contributed by atoms with van der Waals surface area (Å²) in [6, 6.07) is 6.01. The lowest BCUT2D eigenvalue weighted by Gasteiger charge is -2.20. The zero-order valence-corrected chi connectivity index (χ0v) is 18.4. The first-order valence-electron chi connectivity index (χ1n) is 8.45. The first-order chi connectivity index (χ1) is 11.7. The number of carbonyl (C=O) groups is 1. The van der Waals surface area contributed by atoms with Gasteiger partial charge >= 0.3 is 0 Å². The van der Waals surface area contributed by atoms with E-state index in [1.807, 2.05) is 34.6 Å². The largest absolute Gasteiger partial charge is 0.489 e. The Hall–Kier alpha value is -1.58. The minimum absolute atomic E-state index is 0. The van der Waals surface area contributed by atoms with Crippen LogP contribution in [0.5, 0.6) is 5.75 Å². The highest BCUT2D eigenvalue weighted by Gasteiger charge is 2.13. The van der Waals surface area contributed by atoms with E-state index in [0.29, 0.717) is 24.8 Å². The third-order valence-corrected chi connectivity index (χ3v) is 2.93. The molecule has 26 heavy (non-hydrogen) atoms. The summed E-state index contributed by atoms with van der Waals surface area (Å²) in [6.45, 7) is 10.7. The highest BCUT2D eigenvalue weighted by molar-refractivity contribution is 14.0. The summed E-state index contributed by atoms with van der Waals surface area (Å²) >= 11 is 0. The minimum atomic E-state index is -0.336. The molecule has 3 N–H and O–H groups in total. The molecule has 6 nitrogen and oxygen atoms in total. The third kappa shape index (κ3) is 11.1. The lowest BCUT2D eigenvalue weighted by atomic mass is 10.1. The van der Waals surface area contributed by atoms with Gasteiger partial charge in [-0.05, 0) is 46.8 Å². The molecule has 1 amide bonds. The summed E-state index contributed by atoms with van der Waals surface area (Å²) in [5.41, 5.74) is -0.286.